The number of aryl methyl sites for hydroxylation is 2. The Labute approximate surface area is 204 Å². The molecule has 35 heavy (non-hydrogen) atoms. The molecule has 4 aromatic rings. The Kier molecular flexibility index (Phi) is 6.49. The van der Waals surface area contributed by atoms with E-state index < -0.39 is 10.0 Å². The van der Waals surface area contributed by atoms with Crippen LogP contribution in [0.4, 0.5) is 5.69 Å². The highest BCUT2D eigenvalue weighted by Crippen LogP contribution is 2.35. The van der Waals surface area contributed by atoms with Crippen molar-refractivity contribution in [2.24, 2.45) is 7.05 Å². The Morgan fingerprint density at radius 2 is 1.77 bits per heavy atom. The molecular weight excluding hydrogens is 496 g/mol. The van der Waals surface area contributed by atoms with Crippen molar-refractivity contribution in [3.8, 4) is 27.8 Å². The summed E-state index contributed by atoms with van der Waals surface area (Å²) in [4.78, 5) is 17.1. The van der Waals surface area contributed by atoms with Gasteiger partial charge in [0.25, 0.3) is 15.6 Å². The first-order valence-corrected chi connectivity index (χ1v) is 12.4. The van der Waals surface area contributed by atoms with Gasteiger partial charge in [0.2, 0.25) is 0 Å². The molecule has 0 saturated carbocycles. The molecule has 0 amide bonds. The quantitative estimate of drug-likeness (QED) is 0.372. The van der Waals surface area contributed by atoms with Crippen LogP contribution in [0.15, 0.2) is 34.7 Å². The standard InChI is InChI=1S/C21H22N6O6S2/c1-12-23-24-20(34-12)18-19-22-10-13(11-27(19)26(2)21(18)28)25-35(29,30)7-6-15-16(32-4)8-14(31-3)9-17(15)33-5/h6-11,25H,1-5H3. The number of hydrogen-bond acceptors (Lipinski definition) is 10. The van der Waals surface area contributed by atoms with E-state index in [-0.39, 0.29) is 11.2 Å². The van der Waals surface area contributed by atoms with Crippen molar-refractivity contribution in [3.63, 3.8) is 0 Å². The molecule has 0 aliphatic rings. The second kappa shape index (κ2) is 9.38. The van der Waals surface area contributed by atoms with Gasteiger partial charge in [0.15, 0.2) is 10.7 Å². The van der Waals surface area contributed by atoms with Gasteiger partial charge in [-0.05, 0) is 13.0 Å². The van der Waals surface area contributed by atoms with Crippen molar-refractivity contribution in [2.45, 2.75) is 6.92 Å². The average Bonchev–Trinajstić information content (AvgIpc) is 3.37. The fourth-order valence-electron chi connectivity index (χ4n) is 3.37. The molecule has 3 heterocycles. The van der Waals surface area contributed by atoms with Gasteiger partial charge in [0, 0.05) is 19.2 Å². The van der Waals surface area contributed by atoms with Gasteiger partial charge in [-0.1, -0.05) is 11.3 Å². The predicted octanol–water partition coefficient (Wildman–Crippen LogP) is 2.30. The number of fused-ring (bicyclic) bond motifs is 1. The lowest BCUT2D eigenvalue weighted by Gasteiger charge is -2.12. The molecule has 184 valence electrons. The summed E-state index contributed by atoms with van der Waals surface area (Å²) in [5, 5.41) is 10.1. The van der Waals surface area contributed by atoms with Crippen molar-refractivity contribution < 1.29 is 22.6 Å². The zero-order chi connectivity index (χ0) is 25.3. The van der Waals surface area contributed by atoms with Gasteiger partial charge in [-0.2, -0.15) is 0 Å². The van der Waals surface area contributed by atoms with E-state index in [1.54, 1.807) is 26.1 Å². The minimum Gasteiger partial charge on any atom is -0.496 e. The molecule has 0 aliphatic heterocycles. The molecule has 3 aromatic heterocycles. The van der Waals surface area contributed by atoms with Crippen LogP contribution in [-0.4, -0.2) is 54.1 Å². The summed E-state index contributed by atoms with van der Waals surface area (Å²) in [7, 11) is 2.00. The second-order valence-corrected chi connectivity index (χ2v) is 9.98. The zero-order valence-corrected chi connectivity index (χ0v) is 21.1. The van der Waals surface area contributed by atoms with E-state index in [1.807, 2.05) is 0 Å². The lowest BCUT2D eigenvalue weighted by atomic mass is 10.1. The van der Waals surface area contributed by atoms with Crippen LogP contribution >= 0.6 is 11.3 Å². The van der Waals surface area contributed by atoms with E-state index in [0.29, 0.717) is 44.0 Å². The number of ether oxygens (including phenoxy) is 3. The van der Waals surface area contributed by atoms with Gasteiger partial charge >= 0.3 is 0 Å². The lowest BCUT2D eigenvalue weighted by molar-refractivity contribution is 0.374. The summed E-state index contributed by atoms with van der Waals surface area (Å²) in [6, 6.07) is 3.23. The molecule has 0 saturated heterocycles. The number of anilines is 1. The highest BCUT2D eigenvalue weighted by molar-refractivity contribution is 7.95. The monoisotopic (exact) mass is 518 g/mol. The van der Waals surface area contributed by atoms with Crippen LogP contribution in [0, 0.1) is 6.92 Å². The van der Waals surface area contributed by atoms with Gasteiger partial charge in [-0.15, -0.1) is 10.2 Å². The Morgan fingerprint density at radius 1 is 1.09 bits per heavy atom. The van der Waals surface area contributed by atoms with Crippen LogP contribution in [0.2, 0.25) is 0 Å². The summed E-state index contributed by atoms with van der Waals surface area (Å²) < 4.78 is 46.7. The first-order valence-electron chi connectivity index (χ1n) is 10.1. The fourth-order valence-corrected chi connectivity index (χ4v) is 4.91. The number of methoxy groups -OCH3 is 3. The Bertz CT molecular complexity index is 1580. The zero-order valence-electron chi connectivity index (χ0n) is 19.5. The normalized spacial score (nSPS) is 11.8. The van der Waals surface area contributed by atoms with Crippen LogP contribution in [0.1, 0.15) is 10.6 Å². The molecule has 0 aliphatic carbocycles. The molecule has 0 spiro atoms. The third-order valence-electron chi connectivity index (χ3n) is 5.03. The summed E-state index contributed by atoms with van der Waals surface area (Å²) in [5.74, 6) is 1.24. The molecule has 0 fully saturated rings. The van der Waals surface area contributed by atoms with Gasteiger partial charge < -0.3 is 14.2 Å². The van der Waals surface area contributed by atoms with Crippen LogP contribution < -0.4 is 24.5 Å². The Hall–Kier alpha value is -3.91. The van der Waals surface area contributed by atoms with Crippen molar-refractivity contribution in [3.05, 3.63) is 50.9 Å². The SMILES string of the molecule is COc1cc(OC)c(C=CS(=O)(=O)Nc2cnc3c(-c4nnc(C)s4)c(=O)n(C)n3c2)c(OC)c1. The molecule has 4 rings (SSSR count). The molecule has 0 atom stereocenters. The van der Waals surface area contributed by atoms with E-state index in [4.69, 9.17) is 14.2 Å². The average molecular weight is 519 g/mol. The van der Waals surface area contributed by atoms with Gasteiger partial charge in [0.1, 0.15) is 27.8 Å². The maximum Gasteiger partial charge on any atom is 0.279 e. The topological polar surface area (TPSA) is 139 Å². The minimum absolute atomic E-state index is 0.154. The molecule has 1 N–H and O–H groups in total. The number of benzene rings is 1. The summed E-state index contributed by atoms with van der Waals surface area (Å²) in [5.41, 5.74) is 0.874. The van der Waals surface area contributed by atoms with Gasteiger partial charge in [0.05, 0.1) is 50.4 Å². The first-order chi connectivity index (χ1) is 16.7. The van der Waals surface area contributed by atoms with Gasteiger partial charge in [-0.25, -0.2) is 22.6 Å². The number of nitrogens with zero attached hydrogens (tertiary/aromatic N) is 5. The van der Waals surface area contributed by atoms with Crippen molar-refractivity contribution in [1.82, 2.24) is 24.4 Å². The summed E-state index contributed by atoms with van der Waals surface area (Å²) >= 11 is 1.27. The van der Waals surface area contributed by atoms with Crippen LogP contribution in [0.3, 0.4) is 0 Å². The van der Waals surface area contributed by atoms with Crippen molar-refractivity contribution >= 4 is 38.8 Å². The molecular formula is C21H22N6O6S2. The second-order valence-electron chi connectivity index (χ2n) is 7.24. The van der Waals surface area contributed by atoms with E-state index in [0.717, 1.165) is 5.41 Å². The number of hydrogen-bond donors (Lipinski definition) is 1. The third kappa shape index (κ3) is 4.70. The molecule has 0 radical (unpaired) electrons. The minimum atomic E-state index is -3.97. The van der Waals surface area contributed by atoms with Crippen LogP contribution in [0.5, 0.6) is 17.2 Å². The van der Waals surface area contributed by atoms with Crippen molar-refractivity contribution in [2.75, 3.05) is 26.1 Å². The maximum absolute atomic E-state index is 12.8. The smallest absolute Gasteiger partial charge is 0.279 e. The highest BCUT2D eigenvalue weighted by Gasteiger charge is 2.20. The van der Waals surface area contributed by atoms with E-state index in [9.17, 15) is 13.2 Å². The van der Waals surface area contributed by atoms with Crippen molar-refractivity contribution in [1.29, 1.82) is 0 Å². The van der Waals surface area contributed by atoms with E-state index in [1.165, 1.54) is 60.3 Å². The predicted molar refractivity (Wildman–Crippen MR) is 132 cm³/mol. The lowest BCUT2D eigenvalue weighted by Crippen LogP contribution is -2.16. The van der Waals surface area contributed by atoms with E-state index in [2.05, 4.69) is 19.9 Å². The third-order valence-corrected chi connectivity index (χ3v) is 6.90. The number of nitrogens with one attached hydrogen (secondary N) is 1. The molecule has 0 unspecified atom stereocenters. The Balaban J connectivity index is 1.67. The fraction of sp³-hybridized carbons (Fsp3) is 0.238. The van der Waals surface area contributed by atoms with E-state index >= 15 is 0 Å². The largest absolute Gasteiger partial charge is 0.496 e. The number of aromatic nitrogens is 5. The highest BCUT2D eigenvalue weighted by atomic mass is 32.2. The van der Waals surface area contributed by atoms with Gasteiger partial charge in [-0.3, -0.25) is 9.52 Å². The molecule has 1 aromatic carbocycles. The molecule has 14 heteroatoms. The number of rotatable bonds is 8. The molecule has 0 bridgehead atoms. The first kappa shape index (κ1) is 24.2. The number of sulfonamides is 1. The van der Waals surface area contributed by atoms with Crippen LogP contribution in [0.25, 0.3) is 22.3 Å². The maximum atomic E-state index is 12.8. The van der Waals surface area contributed by atoms with Crippen LogP contribution in [-0.2, 0) is 17.1 Å². The summed E-state index contributed by atoms with van der Waals surface area (Å²) in [6.07, 6.45) is 4.14. The molecule has 12 nitrogen and oxygen atoms in total. The Morgan fingerprint density at radius 3 is 2.34 bits per heavy atom. The summed E-state index contributed by atoms with van der Waals surface area (Å²) in [6.45, 7) is 1.79.